The van der Waals surface area contributed by atoms with Crippen molar-refractivity contribution in [3.05, 3.63) is 0 Å². The van der Waals surface area contributed by atoms with Gasteiger partial charge in [-0.05, 0) is 0 Å². The second-order valence-electron chi connectivity index (χ2n) is 3.23. The molecule has 0 aliphatic rings. The third-order valence-corrected chi connectivity index (χ3v) is 2.09. The topological polar surface area (TPSA) is 164 Å². The van der Waals surface area contributed by atoms with Gasteiger partial charge < -0.3 is 20.4 Å². The zero-order valence-corrected chi connectivity index (χ0v) is 16.6. The molecular weight excluding hydrogens is 322 g/mol. The first-order valence-corrected chi connectivity index (χ1v) is 4.54. The maximum Gasteiger partial charge on any atom is 1.00 e. The fourth-order valence-corrected chi connectivity index (χ4v) is 1.39. The molecule has 3 aromatic rings. The minimum absolute atomic E-state index is 0. The molecule has 0 bridgehead atoms. The average molecular weight is 324 g/mol. The number of nitrogens with zero attached hydrogens (tertiary/aromatic N) is 6. The zero-order valence-electron chi connectivity index (χ0n) is 10.4. The predicted molar refractivity (Wildman–Crippen MR) is 50.4 cm³/mol. The summed E-state index contributed by atoms with van der Waals surface area (Å²) in [4.78, 5) is 20.6. The second kappa shape index (κ2) is 7.00. The third-order valence-electron chi connectivity index (χ3n) is 2.09. The van der Waals surface area contributed by atoms with Gasteiger partial charge in [-0.1, -0.05) is 0 Å². The van der Waals surface area contributed by atoms with Gasteiger partial charge in [-0.3, -0.25) is 0 Å². The molecule has 0 aromatic carbocycles. The van der Waals surface area contributed by atoms with E-state index in [0.717, 1.165) is 0 Å². The largest absolute Gasteiger partial charge is 1.00 e. The van der Waals surface area contributed by atoms with Gasteiger partial charge in [-0.2, -0.15) is 0 Å². The van der Waals surface area contributed by atoms with Crippen molar-refractivity contribution in [3.63, 3.8) is 0 Å². The zero-order chi connectivity index (χ0) is 12.9. The van der Waals surface area contributed by atoms with Gasteiger partial charge in [0.2, 0.25) is 11.8 Å². The van der Waals surface area contributed by atoms with Crippen LogP contribution < -0.4 is 113 Å². The van der Waals surface area contributed by atoms with Crippen molar-refractivity contribution >= 4 is 22.3 Å². The van der Waals surface area contributed by atoms with Gasteiger partial charge in [0.15, 0.2) is 22.3 Å². The van der Waals surface area contributed by atoms with Crippen LogP contribution in [0, 0.1) is 0 Å². The van der Waals surface area contributed by atoms with Crippen molar-refractivity contribution in [2.45, 2.75) is 0 Å². The van der Waals surface area contributed by atoms with E-state index in [9.17, 15) is 20.4 Å². The number of aromatic nitrogens is 6. The number of aromatic hydroxyl groups is 2. The summed E-state index contributed by atoms with van der Waals surface area (Å²) in [6.07, 6.45) is 0. The Morgan fingerprint density at radius 2 is 0.950 bits per heavy atom. The van der Waals surface area contributed by atoms with Gasteiger partial charge in [0.05, 0.1) is 12.0 Å². The first kappa shape index (κ1) is 18.3. The van der Waals surface area contributed by atoms with Crippen LogP contribution in [0.1, 0.15) is 0 Å². The molecule has 0 unspecified atom stereocenters. The van der Waals surface area contributed by atoms with Crippen molar-refractivity contribution in [2.24, 2.45) is 0 Å². The van der Waals surface area contributed by atoms with Gasteiger partial charge in [-0.15, -0.1) is 0 Å². The van der Waals surface area contributed by atoms with Crippen LogP contribution in [-0.2, 0) is 0 Å². The summed E-state index contributed by atoms with van der Waals surface area (Å²) in [5.74, 6) is -1.35. The molecule has 0 aliphatic heterocycles. The second-order valence-corrected chi connectivity index (χ2v) is 3.23. The van der Waals surface area contributed by atoms with Gasteiger partial charge in [0.25, 0.3) is 0 Å². The molecule has 12 heteroatoms. The van der Waals surface area contributed by atoms with E-state index < -0.39 is 23.8 Å². The molecule has 0 radical (unpaired) electrons. The third kappa shape index (κ3) is 3.35. The molecule has 2 N–H and O–H groups in total. The van der Waals surface area contributed by atoms with Gasteiger partial charge >= 0.3 is 103 Å². The summed E-state index contributed by atoms with van der Waals surface area (Å²) in [6, 6.07) is -1.90. The molecule has 3 heterocycles. The normalized spacial score (nSPS) is 10.0. The van der Waals surface area contributed by atoms with E-state index in [0.29, 0.717) is 0 Å². The van der Waals surface area contributed by atoms with Crippen molar-refractivity contribution < 1.29 is 123 Å². The van der Waals surface area contributed by atoms with Crippen LogP contribution in [-0.4, -0.2) is 40.1 Å². The Labute approximate surface area is 195 Å². The van der Waals surface area contributed by atoms with Crippen LogP contribution in [0.3, 0.4) is 0 Å². The van der Waals surface area contributed by atoms with E-state index in [4.69, 9.17) is 0 Å². The van der Waals surface area contributed by atoms with Crippen LogP contribution in [0.4, 0.5) is 0 Å². The molecule has 0 aliphatic carbocycles. The van der Waals surface area contributed by atoms with E-state index in [1.165, 1.54) is 0 Å². The Balaban J connectivity index is 0.000001000. The van der Waals surface area contributed by atoms with Crippen molar-refractivity contribution in [1.29, 1.82) is 0 Å². The Morgan fingerprint density at radius 3 is 1.30 bits per heavy atom. The first-order valence-electron chi connectivity index (χ1n) is 4.54. The van der Waals surface area contributed by atoms with Crippen LogP contribution in [0.5, 0.6) is 23.8 Å². The summed E-state index contributed by atoms with van der Waals surface area (Å²) >= 11 is 0. The summed E-state index contributed by atoms with van der Waals surface area (Å²) in [5.41, 5.74) is -0.839. The van der Waals surface area contributed by atoms with Crippen LogP contribution in [0.2, 0.25) is 0 Å². The maximum atomic E-state index is 11.0. The van der Waals surface area contributed by atoms with Gasteiger partial charge in [0, 0.05) is 0 Å². The standard InChI is InChI=1S/C8H4N6O4.2K/c15-5-1-3(11-7(17)13-5)10-2-4(9-1)12-8(18)14-6(2)16;;/h(H2,9,12,14,16,18)(H2,10,11,13,15,17);;/q;2*+1/p-2. The quantitative estimate of drug-likeness (QED) is 0.300. The van der Waals surface area contributed by atoms with Crippen molar-refractivity contribution in [3.8, 4) is 23.8 Å². The first-order chi connectivity index (χ1) is 8.54. The number of fused-ring (bicyclic) bond motifs is 2. The molecule has 0 atom stereocenters. The minimum Gasteiger partial charge on any atom is -0.844 e. The van der Waals surface area contributed by atoms with Crippen molar-refractivity contribution in [2.75, 3.05) is 0 Å². The van der Waals surface area contributed by atoms with E-state index >= 15 is 0 Å². The SMILES string of the molecule is [K+].[K+].[O-]c1nc(O)c2nc3nc([O-])nc(O)c3nc2n1. The molecule has 0 saturated heterocycles. The Kier molecular flexibility index (Phi) is 6.39. The molecule has 0 amide bonds. The van der Waals surface area contributed by atoms with E-state index in [1.54, 1.807) is 0 Å². The van der Waals surface area contributed by atoms with E-state index in [-0.39, 0.29) is 125 Å². The van der Waals surface area contributed by atoms with Gasteiger partial charge in [0.1, 0.15) is 0 Å². The molecule has 10 nitrogen and oxygen atoms in total. The number of hydrogen-bond acceptors (Lipinski definition) is 10. The molecular formula is C8H2K2N6O4. The van der Waals surface area contributed by atoms with Crippen LogP contribution in [0.15, 0.2) is 0 Å². The Bertz CT molecular complexity index is 733. The minimum atomic E-state index is -0.950. The smallest absolute Gasteiger partial charge is 0.844 e. The fraction of sp³-hybridized carbons (Fsp3) is 0. The summed E-state index contributed by atoms with van der Waals surface area (Å²) < 4.78 is 0. The van der Waals surface area contributed by atoms with E-state index in [2.05, 4.69) is 29.9 Å². The van der Waals surface area contributed by atoms with Crippen molar-refractivity contribution in [1.82, 2.24) is 29.9 Å². The van der Waals surface area contributed by atoms with Crippen LogP contribution in [0.25, 0.3) is 22.3 Å². The monoisotopic (exact) mass is 324 g/mol. The maximum absolute atomic E-state index is 11.0. The van der Waals surface area contributed by atoms with Gasteiger partial charge in [-0.25, -0.2) is 29.9 Å². The molecule has 0 spiro atoms. The molecule has 0 saturated carbocycles. The number of hydrogen-bond donors (Lipinski definition) is 2. The molecule has 3 aromatic heterocycles. The van der Waals surface area contributed by atoms with Crippen LogP contribution >= 0.6 is 0 Å². The Morgan fingerprint density at radius 1 is 0.600 bits per heavy atom. The average Bonchev–Trinajstić information content (AvgIpc) is 2.27. The number of rotatable bonds is 0. The molecule has 90 valence electrons. The summed E-state index contributed by atoms with van der Waals surface area (Å²) in [6.45, 7) is 0. The molecule has 0 fully saturated rings. The predicted octanol–water partition coefficient (Wildman–Crippen LogP) is -8.07. The summed E-state index contributed by atoms with van der Waals surface area (Å²) in [7, 11) is 0. The molecule has 3 rings (SSSR count). The summed E-state index contributed by atoms with van der Waals surface area (Å²) in [5, 5.41) is 40.8. The molecule has 20 heavy (non-hydrogen) atoms. The Hall–Kier alpha value is 0.233. The fourth-order valence-electron chi connectivity index (χ4n) is 1.39. The van der Waals surface area contributed by atoms with E-state index in [1.807, 2.05) is 0 Å².